The number of carbonyl (C=O) groups excluding carboxylic acids is 2. The Bertz CT molecular complexity index is 809. The predicted molar refractivity (Wildman–Crippen MR) is 104 cm³/mol. The van der Waals surface area contributed by atoms with Crippen LogP contribution in [-0.2, 0) is 14.3 Å². The first-order valence-corrected chi connectivity index (χ1v) is 8.59. The molecule has 6 heteroatoms. The van der Waals surface area contributed by atoms with Gasteiger partial charge in [0.05, 0.1) is 39.1 Å². The van der Waals surface area contributed by atoms with Crippen LogP contribution in [-0.4, -0.2) is 33.2 Å². The van der Waals surface area contributed by atoms with Crippen molar-refractivity contribution >= 4 is 23.3 Å². The quantitative estimate of drug-likeness (QED) is 0.690. The van der Waals surface area contributed by atoms with Crippen LogP contribution in [0.15, 0.2) is 36.4 Å². The summed E-state index contributed by atoms with van der Waals surface area (Å²) in [5, 5.41) is 0. The van der Waals surface area contributed by atoms with Crippen LogP contribution in [0.3, 0.4) is 0 Å². The van der Waals surface area contributed by atoms with Gasteiger partial charge in [0.15, 0.2) is 0 Å². The summed E-state index contributed by atoms with van der Waals surface area (Å²) in [6.07, 6.45) is 0.0390. The summed E-state index contributed by atoms with van der Waals surface area (Å²) in [6, 6.07) is 11.1. The summed E-state index contributed by atoms with van der Waals surface area (Å²) in [5.41, 5.74) is 3.39. The summed E-state index contributed by atoms with van der Waals surface area (Å²) >= 11 is 0. The van der Waals surface area contributed by atoms with Gasteiger partial charge in [0.1, 0.15) is 11.5 Å². The van der Waals surface area contributed by atoms with Gasteiger partial charge in [-0.05, 0) is 25.5 Å². The fourth-order valence-corrected chi connectivity index (χ4v) is 2.82. The third-order valence-electron chi connectivity index (χ3n) is 4.21. The molecule has 0 aromatic heterocycles. The lowest BCUT2D eigenvalue weighted by atomic mass is 10.1. The van der Waals surface area contributed by atoms with E-state index in [1.807, 2.05) is 32.0 Å². The predicted octanol–water partition coefficient (Wildman–Crippen LogP) is 3.94. The zero-order chi connectivity index (χ0) is 20.0. The smallest absolute Gasteiger partial charge is 0.306 e. The molecule has 0 bridgehead atoms. The number of amides is 1. The van der Waals surface area contributed by atoms with Crippen LogP contribution in [0, 0.1) is 13.8 Å². The van der Waals surface area contributed by atoms with Crippen LogP contribution >= 0.6 is 0 Å². The summed E-state index contributed by atoms with van der Waals surface area (Å²) in [5.74, 6) is 0.495. The standard InChI is InChI=1S/C21H25NO5/c1-14-6-7-19(15(2)10-14)22(20(23)8-9-21(24)27-5)16-11-17(25-3)13-18(12-16)26-4/h6-7,10-13H,8-9H2,1-5H3. The number of aryl methyl sites for hydroxylation is 2. The lowest BCUT2D eigenvalue weighted by Gasteiger charge is -2.26. The number of hydrogen-bond donors (Lipinski definition) is 0. The van der Waals surface area contributed by atoms with Gasteiger partial charge in [-0.15, -0.1) is 0 Å². The largest absolute Gasteiger partial charge is 0.497 e. The number of ether oxygens (including phenoxy) is 3. The van der Waals surface area contributed by atoms with Crippen molar-refractivity contribution in [2.75, 3.05) is 26.2 Å². The minimum absolute atomic E-state index is 0.0118. The second-order valence-electron chi connectivity index (χ2n) is 6.17. The number of rotatable bonds is 7. The van der Waals surface area contributed by atoms with Gasteiger partial charge in [-0.25, -0.2) is 0 Å². The first kappa shape index (κ1) is 20.3. The first-order chi connectivity index (χ1) is 12.9. The number of hydrogen-bond acceptors (Lipinski definition) is 5. The van der Waals surface area contributed by atoms with Crippen molar-refractivity contribution in [1.82, 2.24) is 0 Å². The summed E-state index contributed by atoms with van der Waals surface area (Å²) in [7, 11) is 4.42. The van der Waals surface area contributed by atoms with E-state index in [2.05, 4.69) is 4.74 Å². The monoisotopic (exact) mass is 371 g/mol. The lowest BCUT2D eigenvalue weighted by Crippen LogP contribution is -2.27. The molecule has 0 fully saturated rings. The van der Waals surface area contributed by atoms with Crippen LogP contribution in [0.2, 0.25) is 0 Å². The van der Waals surface area contributed by atoms with E-state index in [0.717, 1.165) is 16.8 Å². The Morgan fingerprint density at radius 3 is 2.04 bits per heavy atom. The highest BCUT2D eigenvalue weighted by atomic mass is 16.5. The molecule has 6 nitrogen and oxygen atoms in total. The average Bonchev–Trinajstić information content (AvgIpc) is 2.67. The Morgan fingerprint density at radius 2 is 1.52 bits per heavy atom. The number of methoxy groups -OCH3 is 3. The first-order valence-electron chi connectivity index (χ1n) is 8.59. The molecule has 2 aromatic rings. The molecule has 0 atom stereocenters. The van der Waals surface area contributed by atoms with Crippen molar-refractivity contribution in [1.29, 1.82) is 0 Å². The van der Waals surface area contributed by atoms with E-state index >= 15 is 0 Å². The maximum Gasteiger partial charge on any atom is 0.306 e. The summed E-state index contributed by atoms with van der Waals surface area (Å²) in [6.45, 7) is 3.94. The molecule has 27 heavy (non-hydrogen) atoms. The summed E-state index contributed by atoms with van der Waals surface area (Å²) < 4.78 is 15.3. The molecule has 2 aromatic carbocycles. The van der Waals surface area contributed by atoms with Crippen molar-refractivity contribution in [3.8, 4) is 11.5 Å². The number of carbonyl (C=O) groups is 2. The van der Waals surface area contributed by atoms with Crippen LogP contribution in [0.25, 0.3) is 0 Å². The SMILES string of the molecule is COC(=O)CCC(=O)N(c1cc(OC)cc(OC)c1)c1ccc(C)cc1C. The average molecular weight is 371 g/mol. The van der Waals surface area contributed by atoms with Crippen molar-refractivity contribution in [2.45, 2.75) is 26.7 Å². The van der Waals surface area contributed by atoms with Gasteiger partial charge in [0.25, 0.3) is 0 Å². The lowest BCUT2D eigenvalue weighted by molar-refractivity contribution is -0.141. The molecule has 0 unspecified atom stereocenters. The molecule has 0 aliphatic rings. The van der Waals surface area contributed by atoms with Gasteiger partial charge in [-0.2, -0.15) is 0 Å². The van der Waals surface area contributed by atoms with Crippen molar-refractivity contribution < 1.29 is 23.8 Å². The maximum absolute atomic E-state index is 13.0. The number of esters is 1. The van der Waals surface area contributed by atoms with Crippen molar-refractivity contribution in [3.63, 3.8) is 0 Å². The Balaban J connectivity index is 2.52. The van der Waals surface area contributed by atoms with Crippen LogP contribution in [0.1, 0.15) is 24.0 Å². The molecule has 144 valence electrons. The fraction of sp³-hybridized carbons (Fsp3) is 0.333. The third-order valence-corrected chi connectivity index (χ3v) is 4.21. The van der Waals surface area contributed by atoms with E-state index in [1.165, 1.54) is 7.11 Å². The Kier molecular flexibility index (Phi) is 6.82. The molecule has 0 spiro atoms. The minimum atomic E-state index is -0.424. The highest BCUT2D eigenvalue weighted by molar-refractivity contribution is 6.02. The highest BCUT2D eigenvalue weighted by Crippen LogP contribution is 2.35. The van der Waals surface area contributed by atoms with E-state index in [9.17, 15) is 9.59 Å². The van der Waals surface area contributed by atoms with Crippen molar-refractivity contribution in [3.05, 3.63) is 47.5 Å². The Labute approximate surface area is 159 Å². The van der Waals surface area contributed by atoms with Gasteiger partial charge < -0.3 is 14.2 Å². The van der Waals surface area contributed by atoms with Crippen LogP contribution < -0.4 is 14.4 Å². The van der Waals surface area contributed by atoms with E-state index in [-0.39, 0.29) is 18.7 Å². The second kappa shape index (κ2) is 9.07. The number of anilines is 2. The maximum atomic E-state index is 13.0. The molecule has 2 rings (SSSR count). The molecule has 0 saturated heterocycles. The van der Waals surface area contributed by atoms with E-state index in [0.29, 0.717) is 17.2 Å². The topological polar surface area (TPSA) is 65.1 Å². The van der Waals surface area contributed by atoms with Crippen LogP contribution in [0.5, 0.6) is 11.5 Å². The molecule has 0 heterocycles. The van der Waals surface area contributed by atoms with E-state index in [4.69, 9.17) is 9.47 Å². The molecule has 0 aliphatic carbocycles. The normalized spacial score (nSPS) is 10.3. The third kappa shape index (κ3) is 5.00. The minimum Gasteiger partial charge on any atom is -0.497 e. The molecular formula is C21H25NO5. The molecule has 1 amide bonds. The molecule has 0 saturated carbocycles. The highest BCUT2D eigenvalue weighted by Gasteiger charge is 2.22. The van der Waals surface area contributed by atoms with Gasteiger partial charge >= 0.3 is 5.97 Å². The molecule has 0 N–H and O–H groups in total. The summed E-state index contributed by atoms with van der Waals surface area (Å²) in [4.78, 5) is 26.1. The second-order valence-corrected chi connectivity index (χ2v) is 6.17. The Morgan fingerprint density at radius 1 is 0.889 bits per heavy atom. The van der Waals surface area contributed by atoms with Crippen LogP contribution in [0.4, 0.5) is 11.4 Å². The Hall–Kier alpha value is -3.02. The molecule has 0 radical (unpaired) electrons. The van der Waals surface area contributed by atoms with Crippen molar-refractivity contribution in [2.24, 2.45) is 0 Å². The van der Waals surface area contributed by atoms with Gasteiger partial charge in [-0.3, -0.25) is 14.5 Å². The zero-order valence-electron chi connectivity index (χ0n) is 16.4. The number of nitrogens with zero attached hydrogens (tertiary/aromatic N) is 1. The van der Waals surface area contributed by atoms with Gasteiger partial charge in [-0.1, -0.05) is 17.7 Å². The van der Waals surface area contributed by atoms with E-state index < -0.39 is 5.97 Å². The fourth-order valence-electron chi connectivity index (χ4n) is 2.82. The number of benzene rings is 2. The van der Waals surface area contributed by atoms with Gasteiger partial charge in [0, 0.05) is 24.6 Å². The molecular weight excluding hydrogens is 346 g/mol. The van der Waals surface area contributed by atoms with Gasteiger partial charge in [0.2, 0.25) is 5.91 Å². The molecule has 0 aliphatic heterocycles. The van der Waals surface area contributed by atoms with E-state index in [1.54, 1.807) is 37.3 Å². The zero-order valence-corrected chi connectivity index (χ0v) is 16.4.